The van der Waals surface area contributed by atoms with Gasteiger partial charge in [-0.2, -0.15) is 0 Å². The number of amides is 1. The third-order valence-electron chi connectivity index (χ3n) is 4.05. The molecular formula is C18H28N2O2. The lowest BCUT2D eigenvalue weighted by molar-refractivity contribution is -0.120. The summed E-state index contributed by atoms with van der Waals surface area (Å²) in [6.45, 7) is 8.72. The van der Waals surface area contributed by atoms with E-state index >= 15 is 0 Å². The Morgan fingerprint density at radius 3 is 2.55 bits per heavy atom. The fourth-order valence-corrected chi connectivity index (χ4v) is 2.92. The molecule has 1 fully saturated rings. The molecule has 0 spiro atoms. The van der Waals surface area contributed by atoms with Gasteiger partial charge in [0.2, 0.25) is 5.91 Å². The van der Waals surface area contributed by atoms with E-state index in [-0.39, 0.29) is 5.91 Å². The van der Waals surface area contributed by atoms with Gasteiger partial charge < -0.3 is 10.1 Å². The first kappa shape index (κ1) is 17.0. The third-order valence-corrected chi connectivity index (χ3v) is 4.05. The second-order valence-electron chi connectivity index (χ2n) is 6.40. The maximum absolute atomic E-state index is 12.1. The average molecular weight is 304 g/mol. The Hall–Kier alpha value is -1.39. The van der Waals surface area contributed by atoms with E-state index < -0.39 is 0 Å². The number of benzene rings is 1. The molecule has 1 atom stereocenters. The monoisotopic (exact) mass is 304 g/mol. The van der Waals surface area contributed by atoms with Gasteiger partial charge in [-0.05, 0) is 17.9 Å². The molecule has 22 heavy (non-hydrogen) atoms. The highest BCUT2D eigenvalue weighted by Crippen LogP contribution is 2.13. The van der Waals surface area contributed by atoms with E-state index in [1.54, 1.807) is 0 Å². The molecule has 0 aliphatic carbocycles. The molecule has 1 unspecified atom stereocenters. The molecule has 1 aliphatic heterocycles. The highest BCUT2D eigenvalue weighted by molar-refractivity contribution is 5.78. The van der Waals surface area contributed by atoms with Crippen molar-refractivity contribution in [1.29, 1.82) is 0 Å². The van der Waals surface area contributed by atoms with Gasteiger partial charge in [-0.3, -0.25) is 9.69 Å². The van der Waals surface area contributed by atoms with Gasteiger partial charge in [0, 0.05) is 25.7 Å². The minimum atomic E-state index is 0.105. The Morgan fingerprint density at radius 2 is 1.91 bits per heavy atom. The van der Waals surface area contributed by atoms with Gasteiger partial charge in [-0.25, -0.2) is 0 Å². The van der Waals surface area contributed by atoms with Crippen molar-refractivity contribution in [2.75, 3.05) is 32.8 Å². The molecule has 0 radical (unpaired) electrons. The van der Waals surface area contributed by atoms with Gasteiger partial charge in [0.25, 0.3) is 0 Å². The predicted molar refractivity (Wildman–Crippen MR) is 88.8 cm³/mol. The fourth-order valence-electron chi connectivity index (χ4n) is 2.92. The van der Waals surface area contributed by atoms with Crippen molar-refractivity contribution in [2.24, 2.45) is 5.92 Å². The highest BCUT2D eigenvalue weighted by Gasteiger charge is 2.22. The predicted octanol–water partition coefficient (Wildman–Crippen LogP) is 2.09. The van der Waals surface area contributed by atoms with Gasteiger partial charge >= 0.3 is 0 Å². The van der Waals surface area contributed by atoms with Crippen LogP contribution >= 0.6 is 0 Å². The van der Waals surface area contributed by atoms with Crippen LogP contribution in [0.25, 0.3) is 0 Å². The van der Waals surface area contributed by atoms with Crippen LogP contribution in [0.3, 0.4) is 0 Å². The molecule has 4 heteroatoms. The third kappa shape index (κ3) is 5.78. The quantitative estimate of drug-likeness (QED) is 0.839. The molecule has 0 bridgehead atoms. The Balaban J connectivity index is 1.83. The number of nitrogens with one attached hydrogen (secondary N) is 1. The minimum Gasteiger partial charge on any atom is -0.379 e. The standard InChI is InChI=1S/C18H28N2O2/c1-15(2)12-17(20-8-10-22-11-9-20)14-19-18(21)13-16-6-4-3-5-7-16/h3-7,15,17H,8-14H2,1-2H3,(H,19,21). The molecule has 1 amide bonds. The molecule has 1 aliphatic rings. The van der Waals surface area contributed by atoms with Crippen LogP contribution < -0.4 is 5.32 Å². The van der Waals surface area contributed by atoms with Crippen LogP contribution in [-0.2, 0) is 16.0 Å². The Kier molecular flexibility index (Phi) is 6.87. The first-order valence-electron chi connectivity index (χ1n) is 8.27. The first-order valence-corrected chi connectivity index (χ1v) is 8.27. The summed E-state index contributed by atoms with van der Waals surface area (Å²) in [5, 5.41) is 3.11. The summed E-state index contributed by atoms with van der Waals surface area (Å²) in [5.74, 6) is 0.729. The van der Waals surface area contributed by atoms with E-state index in [4.69, 9.17) is 4.74 Å². The summed E-state index contributed by atoms with van der Waals surface area (Å²) >= 11 is 0. The normalized spacial score (nSPS) is 17.4. The van der Waals surface area contributed by atoms with Gasteiger partial charge in [0.1, 0.15) is 0 Å². The molecule has 0 saturated carbocycles. The Labute approximate surface area is 133 Å². The molecule has 122 valence electrons. The van der Waals surface area contributed by atoms with Gasteiger partial charge in [-0.1, -0.05) is 44.2 Å². The van der Waals surface area contributed by atoms with E-state index in [0.717, 1.165) is 44.8 Å². The fraction of sp³-hybridized carbons (Fsp3) is 0.611. The SMILES string of the molecule is CC(C)CC(CNC(=O)Cc1ccccc1)N1CCOCC1. The Morgan fingerprint density at radius 1 is 1.23 bits per heavy atom. The summed E-state index contributed by atoms with van der Waals surface area (Å²) in [4.78, 5) is 14.6. The van der Waals surface area contributed by atoms with Crippen LogP contribution in [0.15, 0.2) is 30.3 Å². The van der Waals surface area contributed by atoms with Crippen molar-refractivity contribution in [1.82, 2.24) is 10.2 Å². The zero-order valence-electron chi connectivity index (χ0n) is 13.8. The summed E-state index contributed by atoms with van der Waals surface area (Å²) in [5.41, 5.74) is 1.06. The summed E-state index contributed by atoms with van der Waals surface area (Å²) in [7, 11) is 0. The zero-order valence-corrected chi connectivity index (χ0v) is 13.8. The second-order valence-corrected chi connectivity index (χ2v) is 6.40. The van der Waals surface area contributed by atoms with Crippen LogP contribution in [0.5, 0.6) is 0 Å². The lowest BCUT2D eigenvalue weighted by Crippen LogP contribution is -2.49. The van der Waals surface area contributed by atoms with Gasteiger partial charge in [-0.15, -0.1) is 0 Å². The topological polar surface area (TPSA) is 41.6 Å². The largest absolute Gasteiger partial charge is 0.379 e. The van der Waals surface area contributed by atoms with Gasteiger partial charge in [0.05, 0.1) is 19.6 Å². The molecular weight excluding hydrogens is 276 g/mol. The van der Waals surface area contributed by atoms with Crippen molar-refractivity contribution in [3.8, 4) is 0 Å². The van der Waals surface area contributed by atoms with Crippen molar-refractivity contribution >= 4 is 5.91 Å². The molecule has 1 N–H and O–H groups in total. The maximum Gasteiger partial charge on any atom is 0.224 e. The zero-order chi connectivity index (χ0) is 15.8. The van der Waals surface area contributed by atoms with Crippen LogP contribution in [0.2, 0.25) is 0 Å². The molecule has 1 aromatic rings. The summed E-state index contributed by atoms with van der Waals surface area (Å²) in [6.07, 6.45) is 1.56. The Bertz CT molecular complexity index is 442. The first-order chi connectivity index (χ1) is 10.6. The highest BCUT2D eigenvalue weighted by atomic mass is 16.5. The number of hydrogen-bond acceptors (Lipinski definition) is 3. The molecule has 1 saturated heterocycles. The van der Waals surface area contributed by atoms with E-state index in [1.807, 2.05) is 30.3 Å². The van der Waals surface area contributed by atoms with Crippen molar-refractivity contribution in [3.63, 3.8) is 0 Å². The molecule has 1 heterocycles. The number of hydrogen-bond donors (Lipinski definition) is 1. The van der Waals surface area contributed by atoms with Crippen LogP contribution in [0.4, 0.5) is 0 Å². The van der Waals surface area contributed by atoms with Crippen LogP contribution in [0, 0.1) is 5.92 Å². The lowest BCUT2D eigenvalue weighted by Gasteiger charge is -2.35. The summed E-state index contributed by atoms with van der Waals surface area (Å²) < 4.78 is 5.43. The van der Waals surface area contributed by atoms with Crippen LogP contribution in [0.1, 0.15) is 25.8 Å². The average Bonchev–Trinajstić information content (AvgIpc) is 2.53. The maximum atomic E-state index is 12.1. The number of carbonyl (C=O) groups excluding carboxylic acids is 1. The van der Waals surface area contributed by atoms with E-state index in [0.29, 0.717) is 18.4 Å². The number of morpholine rings is 1. The smallest absolute Gasteiger partial charge is 0.224 e. The minimum absolute atomic E-state index is 0.105. The summed E-state index contributed by atoms with van der Waals surface area (Å²) in [6, 6.07) is 10.3. The molecule has 1 aromatic carbocycles. The molecule has 0 aromatic heterocycles. The van der Waals surface area contributed by atoms with Crippen molar-refractivity contribution in [3.05, 3.63) is 35.9 Å². The number of nitrogens with zero attached hydrogens (tertiary/aromatic N) is 1. The van der Waals surface area contributed by atoms with E-state index in [2.05, 4.69) is 24.1 Å². The number of ether oxygens (including phenoxy) is 1. The number of rotatable bonds is 7. The lowest BCUT2D eigenvalue weighted by atomic mass is 10.0. The van der Waals surface area contributed by atoms with Crippen LogP contribution in [-0.4, -0.2) is 49.7 Å². The van der Waals surface area contributed by atoms with Gasteiger partial charge in [0.15, 0.2) is 0 Å². The number of carbonyl (C=O) groups is 1. The van der Waals surface area contributed by atoms with Crippen molar-refractivity contribution in [2.45, 2.75) is 32.7 Å². The van der Waals surface area contributed by atoms with E-state index in [1.165, 1.54) is 0 Å². The molecule has 4 nitrogen and oxygen atoms in total. The molecule has 2 rings (SSSR count). The van der Waals surface area contributed by atoms with E-state index in [9.17, 15) is 4.79 Å². The van der Waals surface area contributed by atoms with Crippen molar-refractivity contribution < 1.29 is 9.53 Å². The second kappa shape index (κ2) is 8.91.